The standard InChI is InChI=1S/C12H23N5O2/c1-3-9(4-2)11(18)6-14-12(19)8-17-7-10(5-13)15-16-17/h7,9,11,18H,3-6,8,13H2,1-2H3,(H,14,19). The van der Waals surface area contributed by atoms with Crippen LogP contribution in [0, 0.1) is 5.92 Å². The normalized spacial score (nSPS) is 12.7. The first-order valence-corrected chi connectivity index (χ1v) is 6.64. The van der Waals surface area contributed by atoms with E-state index in [4.69, 9.17) is 5.73 Å². The highest BCUT2D eigenvalue weighted by molar-refractivity contribution is 5.75. The Morgan fingerprint density at radius 1 is 1.53 bits per heavy atom. The van der Waals surface area contributed by atoms with Crippen molar-refractivity contribution in [3.05, 3.63) is 11.9 Å². The van der Waals surface area contributed by atoms with Gasteiger partial charge in [0.1, 0.15) is 6.54 Å². The number of hydrogen-bond donors (Lipinski definition) is 3. The molecule has 0 aliphatic rings. The average Bonchev–Trinajstić information content (AvgIpc) is 2.85. The van der Waals surface area contributed by atoms with Crippen molar-refractivity contribution in [2.45, 2.75) is 45.9 Å². The van der Waals surface area contributed by atoms with Crippen molar-refractivity contribution in [1.29, 1.82) is 0 Å². The summed E-state index contributed by atoms with van der Waals surface area (Å²) in [5.41, 5.74) is 6.05. The fraction of sp³-hybridized carbons (Fsp3) is 0.750. The minimum absolute atomic E-state index is 0.0859. The molecule has 0 radical (unpaired) electrons. The zero-order chi connectivity index (χ0) is 14.3. The maximum absolute atomic E-state index is 11.7. The highest BCUT2D eigenvalue weighted by atomic mass is 16.3. The second kappa shape index (κ2) is 7.85. The second-order valence-electron chi connectivity index (χ2n) is 4.56. The van der Waals surface area contributed by atoms with Gasteiger partial charge in [0.15, 0.2) is 0 Å². The van der Waals surface area contributed by atoms with E-state index in [1.165, 1.54) is 4.68 Å². The lowest BCUT2D eigenvalue weighted by Crippen LogP contribution is -2.37. The molecule has 19 heavy (non-hydrogen) atoms. The lowest BCUT2D eigenvalue weighted by atomic mass is 9.96. The number of carbonyl (C=O) groups excluding carboxylic acids is 1. The molecule has 1 heterocycles. The van der Waals surface area contributed by atoms with E-state index in [0.717, 1.165) is 12.8 Å². The molecular formula is C12H23N5O2. The first-order chi connectivity index (χ1) is 9.10. The summed E-state index contributed by atoms with van der Waals surface area (Å²) in [6.45, 7) is 4.72. The van der Waals surface area contributed by atoms with Crippen molar-refractivity contribution in [2.24, 2.45) is 11.7 Å². The van der Waals surface area contributed by atoms with Crippen molar-refractivity contribution >= 4 is 5.91 Å². The molecule has 0 aliphatic heterocycles. The van der Waals surface area contributed by atoms with E-state index >= 15 is 0 Å². The van der Waals surface area contributed by atoms with Crippen LogP contribution < -0.4 is 11.1 Å². The Balaban J connectivity index is 2.35. The largest absolute Gasteiger partial charge is 0.391 e. The highest BCUT2D eigenvalue weighted by Crippen LogP contribution is 2.12. The van der Waals surface area contributed by atoms with E-state index in [9.17, 15) is 9.90 Å². The Bertz CT molecular complexity index is 389. The van der Waals surface area contributed by atoms with Gasteiger partial charge in [-0.3, -0.25) is 4.79 Å². The summed E-state index contributed by atoms with van der Waals surface area (Å²) >= 11 is 0. The van der Waals surface area contributed by atoms with Crippen LogP contribution in [-0.2, 0) is 17.9 Å². The third-order valence-corrected chi connectivity index (χ3v) is 3.20. The topological polar surface area (TPSA) is 106 Å². The van der Waals surface area contributed by atoms with E-state index in [1.807, 2.05) is 13.8 Å². The van der Waals surface area contributed by atoms with Crippen LogP contribution in [0.3, 0.4) is 0 Å². The monoisotopic (exact) mass is 269 g/mol. The Morgan fingerprint density at radius 2 is 2.21 bits per heavy atom. The molecule has 0 saturated heterocycles. The lowest BCUT2D eigenvalue weighted by Gasteiger charge is -2.20. The molecule has 0 aliphatic carbocycles. The number of aromatic nitrogens is 3. The summed E-state index contributed by atoms with van der Waals surface area (Å²) in [5, 5.41) is 20.2. The molecule has 4 N–H and O–H groups in total. The summed E-state index contributed by atoms with van der Waals surface area (Å²) in [6, 6.07) is 0. The predicted octanol–water partition coefficient (Wildman–Crippen LogP) is -0.350. The molecule has 0 fully saturated rings. The predicted molar refractivity (Wildman–Crippen MR) is 71.0 cm³/mol. The molecule has 1 aromatic heterocycles. The summed E-state index contributed by atoms with van der Waals surface area (Å²) in [6.07, 6.45) is 2.93. The third-order valence-electron chi connectivity index (χ3n) is 3.20. The van der Waals surface area contributed by atoms with Gasteiger partial charge in [0.05, 0.1) is 18.0 Å². The molecule has 1 rings (SSSR count). The van der Waals surface area contributed by atoms with Crippen molar-refractivity contribution in [3.63, 3.8) is 0 Å². The van der Waals surface area contributed by atoms with Gasteiger partial charge in [0.2, 0.25) is 5.91 Å². The van der Waals surface area contributed by atoms with Gasteiger partial charge in [-0.2, -0.15) is 0 Å². The molecule has 1 amide bonds. The number of rotatable bonds is 8. The van der Waals surface area contributed by atoms with Gasteiger partial charge in [0, 0.05) is 13.1 Å². The van der Waals surface area contributed by atoms with E-state index in [0.29, 0.717) is 12.2 Å². The van der Waals surface area contributed by atoms with Crippen LogP contribution in [0.5, 0.6) is 0 Å². The van der Waals surface area contributed by atoms with E-state index in [2.05, 4.69) is 15.6 Å². The van der Waals surface area contributed by atoms with Crippen LogP contribution >= 0.6 is 0 Å². The minimum atomic E-state index is -0.505. The van der Waals surface area contributed by atoms with Crippen LogP contribution in [0.1, 0.15) is 32.4 Å². The van der Waals surface area contributed by atoms with E-state index in [-0.39, 0.29) is 24.9 Å². The smallest absolute Gasteiger partial charge is 0.241 e. The van der Waals surface area contributed by atoms with Crippen molar-refractivity contribution in [2.75, 3.05) is 6.54 Å². The SMILES string of the molecule is CCC(CC)C(O)CNC(=O)Cn1cc(CN)nn1. The van der Waals surface area contributed by atoms with Crippen LogP contribution in [0.25, 0.3) is 0 Å². The van der Waals surface area contributed by atoms with Crippen LogP contribution in [0.2, 0.25) is 0 Å². The number of carbonyl (C=O) groups is 1. The fourth-order valence-corrected chi connectivity index (χ4v) is 1.93. The Hall–Kier alpha value is -1.47. The molecule has 1 atom stereocenters. The van der Waals surface area contributed by atoms with Gasteiger partial charge in [0.25, 0.3) is 0 Å². The van der Waals surface area contributed by atoms with Gasteiger partial charge in [-0.25, -0.2) is 4.68 Å². The molecule has 1 unspecified atom stereocenters. The van der Waals surface area contributed by atoms with Crippen molar-refractivity contribution in [1.82, 2.24) is 20.3 Å². The molecule has 0 aromatic carbocycles. The summed E-state index contributed by atoms with van der Waals surface area (Å²) in [7, 11) is 0. The third kappa shape index (κ3) is 4.96. The number of nitrogens with zero attached hydrogens (tertiary/aromatic N) is 3. The van der Waals surface area contributed by atoms with Crippen molar-refractivity contribution < 1.29 is 9.90 Å². The quantitative estimate of drug-likeness (QED) is 0.598. The zero-order valence-corrected chi connectivity index (χ0v) is 11.5. The number of nitrogens with two attached hydrogens (primary N) is 1. The maximum Gasteiger partial charge on any atom is 0.241 e. The van der Waals surface area contributed by atoms with Gasteiger partial charge in [-0.05, 0) is 5.92 Å². The zero-order valence-electron chi connectivity index (χ0n) is 11.5. The maximum atomic E-state index is 11.7. The second-order valence-corrected chi connectivity index (χ2v) is 4.56. The Kier molecular flexibility index (Phi) is 6.44. The van der Waals surface area contributed by atoms with Crippen LogP contribution in [-0.4, -0.2) is 38.7 Å². The van der Waals surface area contributed by atoms with E-state index in [1.54, 1.807) is 6.20 Å². The lowest BCUT2D eigenvalue weighted by molar-refractivity contribution is -0.122. The molecule has 0 saturated carbocycles. The number of hydrogen-bond acceptors (Lipinski definition) is 5. The van der Waals surface area contributed by atoms with Crippen LogP contribution in [0.15, 0.2) is 6.20 Å². The Labute approximate surface area is 113 Å². The van der Waals surface area contributed by atoms with Crippen LogP contribution in [0.4, 0.5) is 0 Å². The summed E-state index contributed by atoms with van der Waals surface area (Å²) < 4.78 is 1.43. The van der Waals surface area contributed by atoms with E-state index < -0.39 is 6.10 Å². The summed E-state index contributed by atoms with van der Waals surface area (Å²) in [5.74, 6) is 0.0222. The number of amides is 1. The molecule has 7 heteroatoms. The summed E-state index contributed by atoms with van der Waals surface area (Å²) in [4.78, 5) is 11.7. The number of aliphatic hydroxyl groups is 1. The molecule has 7 nitrogen and oxygen atoms in total. The number of nitrogens with one attached hydrogen (secondary N) is 1. The first-order valence-electron chi connectivity index (χ1n) is 6.64. The van der Waals surface area contributed by atoms with Gasteiger partial charge in [-0.15, -0.1) is 5.10 Å². The molecule has 108 valence electrons. The van der Waals surface area contributed by atoms with Gasteiger partial charge < -0.3 is 16.2 Å². The fourth-order valence-electron chi connectivity index (χ4n) is 1.93. The highest BCUT2D eigenvalue weighted by Gasteiger charge is 2.16. The Morgan fingerprint density at radius 3 is 2.74 bits per heavy atom. The number of aliphatic hydroxyl groups excluding tert-OH is 1. The van der Waals surface area contributed by atoms with Gasteiger partial charge >= 0.3 is 0 Å². The van der Waals surface area contributed by atoms with Gasteiger partial charge in [-0.1, -0.05) is 31.9 Å². The van der Waals surface area contributed by atoms with Crippen molar-refractivity contribution in [3.8, 4) is 0 Å². The average molecular weight is 269 g/mol. The molecular weight excluding hydrogens is 246 g/mol. The first kappa shape index (κ1) is 15.6. The molecule has 0 spiro atoms. The molecule has 0 bridgehead atoms. The molecule has 1 aromatic rings. The minimum Gasteiger partial charge on any atom is -0.391 e.